The molecule has 0 aliphatic carbocycles. The van der Waals surface area contributed by atoms with Gasteiger partial charge in [-0.05, 0) is 62.0 Å². The Labute approximate surface area is 153 Å². The van der Waals surface area contributed by atoms with E-state index in [4.69, 9.17) is 4.74 Å². The Bertz CT molecular complexity index is 684. The first-order valence-corrected chi connectivity index (χ1v) is 8.99. The van der Waals surface area contributed by atoms with Gasteiger partial charge in [-0.15, -0.1) is 11.3 Å². The minimum absolute atomic E-state index is 0.295. The highest BCUT2D eigenvalue weighted by Gasteiger charge is 2.14. The van der Waals surface area contributed by atoms with Crippen molar-refractivity contribution in [2.45, 2.75) is 6.42 Å². The Hall–Kier alpha value is -1.25. The Kier molecular flexibility index (Phi) is 6.73. The summed E-state index contributed by atoms with van der Waals surface area (Å²) < 4.78 is 19.2. The maximum absolute atomic E-state index is 12.8. The largest absolute Gasteiger partial charge is 0.451 e. The summed E-state index contributed by atoms with van der Waals surface area (Å²) in [7, 11) is 0. The second-order valence-corrected chi connectivity index (χ2v) is 7.76. The van der Waals surface area contributed by atoms with E-state index in [1.54, 1.807) is 18.2 Å². The number of carbonyl (C=O) groups is 2. The van der Waals surface area contributed by atoms with E-state index in [9.17, 15) is 14.0 Å². The van der Waals surface area contributed by atoms with Gasteiger partial charge in [-0.25, -0.2) is 9.18 Å². The van der Waals surface area contributed by atoms with Crippen molar-refractivity contribution >= 4 is 55.1 Å². The van der Waals surface area contributed by atoms with Gasteiger partial charge < -0.3 is 10.1 Å². The van der Waals surface area contributed by atoms with E-state index in [-0.39, 0.29) is 18.3 Å². The second-order valence-electron chi connectivity index (χ2n) is 4.53. The molecular formula is C15H12Br2FNO3S. The summed E-state index contributed by atoms with van der Waals surface area (Å²) in [5.41, 5.74) is 0.914. The summed E-state index contributed by atoms with van der Waals surface area (Å²) in [4.78, 5) is 23.8. The summed E-state index contributed by atoms with van der Waals surface area (Å²) in [5, 5.41) is 2.64. The molecule has 122 valence electrons. The van der Waals surface area contributed by atoms with E-state index < -0.39 is 5.97 Å². The molecule has 0 unspecified atom stereocenters. The molecule has 0 saturated heterocycles. The van der Waals surface area contributed by atoms with Crippen LogP contribution in [0.4, 0.5) is 4.39 Å². The molecule has 8 heteroatoms. The van der Waals surface area contributed by atoms with Crippen molar-refractivity contribution in [1.82, 2.24) is 5.32 Å². The third-order valence-electron chi connectivity index (χ3n) is 2.83. The molecule has 1 aromatic carbocycles. The lowest BCUT2D eigenvalue weighted by Gasteiger charge is -2.06. The number of amides is 1. The van der Waals surface area contributed by atoms with E-state index in [1.165, 1.54) is 23.5 Å². The zero-order valence-corrected chi connectivity index (χ0v) is 15.8. The Morgan fingerprint density at radius 3 is 2.52 bits per heavy atom. The molecule has 0 spiro atoms. The number of esters is 1. The van der Waals surface area contributed by atoms with Crippen molar-refractivity contribution in [3.63, 3.8) is 0 Å². The predicted octanol–water partition coefficient (Wildman–Crippen LogP) is 3.93. The topological polar surface area (TPSA) is 55.4 Å². The Morgan fingerprint density at radius 1 is 1.22 bits per heavy atom. The normalized spacial score (nSPS) is 10.4. The average molecular weight is 465 g/mol. The van der Waals surface area contributed by atoms with Gasteiger partial charge in [0.2, 0.25) is 0 Å². The van der Waals surface area contributed by atoms with Gasteiger partial charge in [0.1, 0.15) is 10.7 Å². The van der Waals surface area contributed by atoms with Gasteiger partial charge in [0.05, 0.1) is 3.79 Å². The molecule has 1 aromatic heterocycles. The fraction of sp³-hybridized carbons (Fsp3) is 0.200. The van der Waals surface area contributed by atoms with Gasteiger partial charge in [0.15, 0.2) is 6.61 Å². The number of nitrogens with one attached hydrogen (secondary N) is 1. The number of hydrogen-bond donors (Lipinski definition) is 1. The Morgan fingerprint density at radius 2 is 1.91 bits per heavy atom. The zero-order chi connectivity index (χ0) is 16.8. The van der Waals surface area contributed by atoms with Crippen LogP contribution in [0.3, 0.4) is 0 Å². The molecule has 0 atom stereocenters. The molecule has 1 N–H and O–H groups in total. The van der Waals surface area contributed by atoms with Crippen molar-refractivity contribution in [2.24, 2.45) is 0 Å². The van der Waals surface area contributed by atoms with E-state index >= 15 is 0 Å². The van der Waals surface area contributed by atoms with Crippen LogP contribution in [0.25, 0.3) is 0 Å². The smallest absolute Gasteiger partial charge is 0.348 e. The lowest BCUT2D eigenvalue weighted by atomic mass is 10.1. The van der Waals surface area contributed by atoms with Crippen molar-refractivity contribution in [3.05, 3.63) is 54.8 Å². The third-order valence-corrected chi connectivity index (χ3v) is 6.07. The van der Waals surface area contributed by atoms with Crippen molar-refractivity contribution < 1.29 is 18.7 Å². The Balaban J connectivity index is 1.70. The van der Waals surface area contributed by atoms with Gasteiger partial charge >= 0.3 is 5.97 Å². The summed E-state index contributed by atoms with van der Waals surface area (Å²) in [6.45, 7) is 0.0491. The van der Waals surface area contributed by atoms with Crippen LogP contribution in [-0.2, 0) is 16.0 Å². The molecule has 23 heavy (non-hydrogen) atoms. The fourth-order valence-corrected chi connectivity index (χ4v) is 3.63. The number of thiophene rings is 1. The van der Waals surface area contributed by atoms with Gasteiger partial charge in [0.25, 0.3) is 5.91 Å². The predicted molar refractivity (Wildman–Crippen MR) is 93.1 cm³/mol. The highest BCUT2D eigenvalue weighted by Crippen LogP contribution is 2.32. The standard InChI is InChI=1S/C15H12Br2FNO3S/c16-11-7-12(23-14(11)17)15(21)22-8-13(20)19-6-5-9-1-3-10(18)4-2-9/h1-4,7H,5-6,8H2,(H,19,20). The fourth-order valence-electron chi connectivity index (χ4n) is 1.70. The maximum atomic E-state index is 12.8. The highest BCUT2D eigenvalue weighted by atomic mass is 79.9. The number of halogens is 3. The summed E-state index contributed by atoms with van der Waals surface area (Å²) in [6, 6.07) is 7.69. The molecular weight excluding hydrogens is 453 g/mol. The van der Waals surface area contributed by atoms with E-state index in [1.807, 2.05) is 0 Å². The molecule has 4 nitrogen and oxygen atoms in total. The van der Waals surface area contributed by atoms with Crippen LogP contribution >= 0.6 is 43.2 Å². The number of carbonyl (C=O) groups excluding carboxylic acids is 2. The first-order chi connectivity index (χ1) is 11.0. The molecule has 0 saturated carbocycles. The SMILES string of the molecule is O=C(COC(=O)c1cc(Br)c(Br)s1)NCCc1ccc(F)cc1. The minimum Gasteiger partial charge on any atom is -0.451 e. The maximum Gasteiger partial charge on any atom is 0.348 e. The molecule has 0 fully saturated rings. The second kappa shape index (κ2) is 8.56. The van der Waals surface area contributed by atoms with E-state index in [2.05, 4.69) is 37.2 Å². The minimum atomic E-state index is -0.546. The summed E-state index contributed by atoms with van der Waals surface area (Å²) in [6.07, 6.45) is 0.574. The van der Waals surface area contributed by atoms with Crippen LogP contribution in [0.15, 0.2) is 38.6 Å². The van der Waals surface area contributed by atoms with Crippen LogP contribution in [-0.4, -0.2) is 25.0 Å². The van der Waals surface area contributed by atoms with Crippen LogP contribution in [0.2, 0.25) is 0 Å². The quantitative estimate of drug-likeness (QED) is 0.659. The molecule has 2 rings (SSSR count). The zero-order valence-electron chi connectivity index (χ0n) is 11.8. The van der Waals surface area contributed by atoms with Crippen LogP contribution in [0, 0.1) is 5.82 Å². The molecule has 2 aromatic rings. The van der Waals surface area contributed by atoms with Crippen molar-refractivity contribution in [1.29, 1.82) is 0 Å². The summed E-state index contributed by atoms with van der Waals surface area (Å²) >= 11 is 7.79. The number of benzene rings is 1. The third kappa shape index (κ3) is 5.71. The van der Waals surface area contributed by atoms with Crippen molar-refractivity contribution in [2.75, 3.05) is 13.2 Å². The van der Waals surface area contributed by atoms with E-state index in [0.717, 1.165) is 13.8 Å². The monoisotopic (exact) mass is 463 g/mol. The van der Waals surface area contributed by atoms with Crippen LogP contribution in [0.1, 0.15) is 15.2 Å². The molecule has 1 heterocycles. The van der Waals surface area contributed by atoms with Gasteiger partial charge in [-0.1, -0.05) is 12.1 Å². The van der Waals surface area contributed by atoms with Gasteiger partial charge in [-0.2, -0.15) is 0 Å². The van der Waals surface area contributed by atoms with Crippen LogP contribution in [0.5, 0.6) is 0 Å². The van der Waals surface area contributed by atoms with E-state index in [0.29, 0.717) is 17.8 Å². The van der Waals surface area contributed by atoms with Gasteiger partial charge in [-0.3, -0.25) is 4.79 Å². The van der Waals surface area contributed by atoms with Gasteiger partial charge in [0, 0.05) is 11.0 Å². The van der Waals surface area contributed by atoms with Crippen LogP contribution < -0.4 is 5.32 Å². The molecule has 1 amide bonds. The number of rotatable bonds is 6. The number of ether oxygens (including phenoxy) is 1. The van der Waals surface area contributed by atoms with Crippen molar-refractivity contribution in [3.8, 4) is 0 Å². The first-order valence-electron chi connectivity index (χ1n) is 6.59. The first kappa shape index (κ1) is 18.1. The molecule has 0 radical (unpaired) electrons. The average Bonchev–Trinajstić information content (AvgIpc) is 2.86. The highest BCUT2D eigenvalue weighted by molar-refractivity contribution is 9.13. The number of hydrogen-bond acceptors (Lipinski definition) is 4. The molecule has 0 bridgehead atoms. The lowest BCUT2D eigenvalue weighted by Crippen LogP contribution is -2.30. The summed E-state index contributed by atoms with van der Waals surface area (Å²) in [5.74, 6) is -1.22. The molecule has 0 aliphatic rings. The molecule has 0 aliphatic heterocycles. The lowest BCUT2D eigenvalue weighted by molar-refractivity contribution is -0.124.